The summed E-state index contributed by atoms with van der Waals surface area (Å²) < 4.78 is 13.9. The third-order valence-electron chi connectivity index (χ3n) is 4.38. The van der Waals surface area contributed by atoms with Gasteiger partial charge < -0.3 is 20.9 Å². The summed E-state index contributed by atoms with van der Waals surface area (Å²) in [5.74, 6) is -0.870. The number of thiocarbonyl (C=S) groups is 1. The Morgan fingerprint density at radius 3 is 2.44 bits per heavy atom. The van der Waals surface area contributed by atoms with Gasteiger partial charge in [-0.25, -0.2) is 4.39 Å². The Kier molecular flexibility index (Phi) is 5.41. The minimum atomic E-state index is -0.483. The Labute approximate surface area is 163 Å². The molecule has 7 heteroatoms. The number of nitrogens with zero attached hydrogens (tertiary/aromatic N) is 1. The molecule has 0 radical (unpaired) electrons. The van der Waals surface area contributed by atoms with Gasteiger partial charge in [-0.15, -0.1) is 0 Å². The highest BCUT2D eigenvalue weighted by Crippen LogP contribution is 2.29. The van der Waals surface area contributed by atoms with Crippen molar-refractivity contribution in [3.8, 4) is 0 Å². The molecule has 1 atom stereocenters. The normalized spacial score (nSPS) is 16.4. The van der Waals surface area contributed by atoms with E-state index < -0.39 is 11.9 Å². The number of hydrogen-bond acceptors (Lipinski definition) is 3. The standard InChI is InChI=1S/C20H21FN4OS/c1-12-17(19(26)23-16-7-5-4-6-15(16)21)18(24-20(27)22-12)13-8-10-14(11-9-13)25(2)3/h4-11,18H,1-3H3,(H,23,26)(H2,22,24,27)/t18-/m1/s1. The molecule has 1 amide bonds. The third kappa shape index (κ3) is 4.09. The molecule has 5 nitrogen and oxygen atoms in total. The van der Waals surface area contributed by atoms with Gasteiger partial charge in [0.1, 0.15) is 5.82 Å². The number of carbonyl (C=O) groups excluding carboxylic acids is 1. The van der Waals surface area contributed by atoms with Crippen LogP contribution in [0.5, 0.6) is 0 Å². The number of benzene rings is 2. The average Bonchev–Trinajstić information content (AvgIpc) is 2.63. The first kappa shape index (κ1) is 18.8. The van der Waals surface area contributed by atoms with Gasteiger partial charge in [-0.1, -0.05) is 24.3 Å². The molecule has 0 bridgehead atoms. The van der Waals surface area contributed by atoms with E-state index in [1.807, 2.05) is 43.3 Å². The molecule has 1 aliphatic heterocycles. The van der Waals surface area contributed by atoms with Crippen molar-refractivity contribution < 1.29 is 9.18 Å². The summed E-state index contributed by atoms with van der Waals surface area (Å²) in [5.41, 5.74) is 3.17. The van der Waals surface area contributed by atoms with Crippen molar-refractivity contribution in [1.82, 2.24) is 10.6 Å². The van der Waals surface area contributed by atoms with Crippen LogP contribution >= 0.6 is 12.2 Å². The molecule has 0 spiro atoms. The molecule has 0 fully saturated rings. The molecule has 2 aromatic rings. The highest BCUT2D eigenvalue weighted by Gasteiger charge is 2.30. The zero-order valence-corrected chi connectivity index (χ0v) is 16.2. The Hall–Kier alpha value is -2.93. The first-order valence-corrected chi connectivity index (χ1v) is 8.89. The summed E-state index contributed by atoms with van der Waals surface area (Å²) in [6.07, 6.45) is 0. The number of amides is 1. The number of nitrogens with one attached hydrogen (secondary N) is 3. The van der Waals surface area contributed by atoms with Gasteiger partial charge in [0, 0.05) is 25.5 Å². The number of hydrogen-bond donors (Lipinski definition) is 3. The Balaban J connectivity index is 1.94. The number of anilines is 2. The van der Waals surface area contributed by atoms with Crippen molar-refractivity contribution in [3.05, 3.63) is 71.2 Å². The topological polar surface area (TPSA) is 56.4 Å². The SMILES string of the molecule is CC1=C(C(=O)Nc2ccccc2F)[C@@H](c2ccc(N(C)C)cc2)NC(=S)N1. The van der Waals surface area contributed by atoms with Crippen LogP contribution in [0.2, 0.25) is 0 Å². The van der Waals surface area contributed by atoms with Gasteiger partial charge in [0.15, 0.2) is 5.11 Å². The van der Waals surface area contributed by atoms with Crippen LogP contribution in [0.3, 0.4) is 0 Å². The molecule has 0 aliphatic carbocycles. The van der Waals surface area contributed by atoms with E-state index in [9.17, 15) is 9.18 Å². The molecule has 3 N–H and O–H groups in total. The number of para-hydroxylation sites is 1. The first-order chi connectivity index (χ1) is 12.9. The van der Waals surface area contributed by atoms with Gasteiger partial charge >= 0.3 is 0 Å². The zero-order valence-electron chi connectivity index (χ0n) is 15.3. The van der Waals surface area contributed by atoms with Crippen LogP contribution in [0.1, 0.15) is 18.5 Å². The largest absolute Gasteiger partial charge is 0.378 e. The van der Waals surface area contributed by atoms with E-state index in [-0.39, 0.29) is 11.6 Å². The summed E-state index contributed by atoms with van der Waals surface area (Å²) in [4.78, 5) is 14.9. The fourth-order valence-electron chi connectivity index (χ4n) is 2.96. The third-order valence-corrected chi connectivity index (χ3v) is 4.60. The summed E-state index contributed by atoms with van der Waals surface area (Å²) in [6.45, 7) is 1.78. The number of halogens is 1. The van der Waals surface area contributed by atoms with Gasteiger partial charge in [0.2, 0.25) is 0 Å². The molecule has 0 saturated heterocycles. The fourth-order valence-corrected chi connectivity index (χ4v) is 3.23. The van der Waals surface area contributed by atoms with Crippen molar-refractivity contribution in [3.63, 3.8) is 0 Å². The lowest BCUT2D eigenvalue weighted by molar-refractivity contribution is -0.113. The molecule has 0 saturated carbocycles. The average molecular weight is 384 g/mol. The van der Waals surface area contributed by atoms with Gasteiger partial charge in [-0.05, 0) is 49.0 Å². The Bertz CT molecular complexity index is 908. The van der Waals surface area contributed by atoms with Gasteiger partial charge in [0.25, 0.3) is 5.91 Å². The summed E-state index contributed by atoms with van der Waals surface area (Å²) in [7, 11) is 3.93. The molecule has 0 unspecified atom stereocenters. The van der Waals surface area contributed by atoms with Crippen molar-refractivity contribution in [2.24, 2.45) is 0 Å². The number of allylic oxidation sites excluding steroid dienone is 1. The van der Waals surface area contributed by atoms with Crippen LogP contribution in [0.25, 0.3) is 0 Å². The molecule has 0 aromatic heterocycles. The van der Waals surface area contributed by atoms with Gasteiger partial charge in [-0.3, -0.25) is 4.79 Å². The fraction of sp³-hybridized carbons (Fsp3) is 0.200. The summed E-state index contributed by atoms with van der Waals surface area (Å²) in [6, 6.07) is 13.5. The van der Waals surface area contributed by atoms with E-state index in [0.717, 1.165) is 11.3 Å². The van der Waals surface area contributed by atoms with Crippen LogP contribution < -0.4 is 20.9 Å². The quantitative estimate of drug-likeness (QED) is 0.706. The maximum absolute atomic E-state index is 13.9. The van der Waals surface area contributed by atoms with E-state index in [1.54, 1.807) is 19.1 Å². The maximum Gasteiger partial charge on any atom is 0.255 e. The van der Waals surface area contributed by atoms with Crippen molar-refractivity contribution >= 4 is 34.6 Å². The Morgan fingerprint density at radius 1 is 1.15 bits per heavy atom. The predicted octanol–water partition coefficient (Wildman–Crippen LogP) is 3.32. The monoisotopic (exact) mass is 384 g/mol. The van der Waals surface area contributed by atoms with Gasteiger partial charge in [0.05, 0.1) is 17.3 Å². The second-order valence-corrected chi connectivity index (χ2v) is 6.90. The summed E-state index contributed by atoms with van der Waals surface area (Å²) in [5, 5.41) is 9.21. The Morgan fingerprint density at radius 2 is 1.81 bits per heavy atom. The van der Waals surface area contributed by atoms with Crippen LogP contribution in [0.4, 0.5) is 15.8 Å². The van der Waals surface area contributed by atoms with Gasteiger partial charge in [-0.2, -0.15) is 0 Å². The first-order valence-electron chi connectivity index (χ1n) is 8.48. The molecule has 2 aromatic carbocycles. The lowest BCUT2D eigenvalue weighted by Gasteiger charge is -2.30. The van der Waals surface area contributed by atoms with Crippen molar-refractivity contribution in [2.75, 3.05) is 24.3 Å². The molecule has 3 rings (SSSR count). The van der Waals surface area contributed by atoms with E-state index >= 15 is 0 Å². The molecule has 27 heavy (non-hydrogen) atoms. The van der Waals surface area contributed by atoms with Crippen LogP contribution in [0, 0.1) is 5.82 Å². The zero-order chi connectivity index (χ0) is 19.6. The second kappa shape index (κ2) is 7.75. The number of rotatable bonds is 4. The molecule has 1 aliphatic rings. The van der Waals surface area contributed by atoms with Crippen LogP contribution in [-0.2, 0) is 4.79 Å². The van der Waals surface area contributed by atoms with Crippen molar-refractivity contribution in [1.29, 1.82) is 0 Å². The van der Waals surface area contributed by atoms with Crippen LogP contribution in [-0.4, -0.2) is 25.1 Å². The second-order valence-electron chi connectivity index (χ2n) is 6.49. The van der Waals surface area contributed by atoms with E-state index in [4.69, 9.17) is 12.2 Å². The lowest BCUT2D eigenvalue weighted by atomic mass is 9.94. The van der Waals surface area contributed by atoms with E-state index in [2.05, 4.69) is 16.0 Å². The molecular weight excluding hydrogens is 363 g/mol. The smallest absolute Gasteiger partial charge is 0.255 e. The maximum atomic E-state index is 13.9. The minimum Gasteiger partial charge on any atom is -0.378 e. The van der Waals surface area contributed by atoms with Crippen LogP contribution in [0.15, 0.2) is 59.8 Å². The highest BCUT2D eigenvalue weighted by atomic mass is 32.1. The predicted molar refractivity (Wildman–Crippen MR) is 110 cm³/mol. The summed E-state index contributed by atoms with van der Waals surface area (Å²) >= 11 is 5.26. The lowest BCUT2D eigenvalue weighted by Crippen LogP contribution is -2.45. The van der Waals surface area contributed by atoms with E-state index in [1.165, 1.54) is 12.1 Å². The molecule has 140 valence electrons. The van der Waals surface area contributed by atoms with Crippen molar-refractivity contribution in [2.45, 2.75) is 13.0 Å². The minimum absolute atomic E-state index is 0.137. The number of carbonyl (C=O) groups is 1. The molecule has 1 heterocycles. The van der Waals surface area contributed by atoms with E-state index in [0.29, 0.717) is 16.4 Å². The molecular formula is C20H21FN4OS. The highest BCUT2D eigenvalue weighted by molar-refractivity contribution is 7.80.